The van der Waals surface area contributed by atoms with Crippen molar-refractivity contribution >= 4 is 141 Å². The SMILES string of the molecule is C1=C(c2c3ccccc3c(-c3ccc4c(c3)c3ccccc3c3cc5c(cc43)oc3c4ccccc4c4cc6ccccc6cc4c53)c3ccccc23)CCc2c1c1ccccc1c1ccccc21. The first kappa shape index (κ1) is 37.3. The summed E-state index contributed by atoms with van der Waals surface area (Å²) in [6.45, 7) is 0. The maximum atomic E-state index is 7.06. The third-order valence-electron chi connectivity index (χ3n) is 15.9. The van der Waals surface area contributed by atoms with Gasteiger partial charge in [-0.25, -0.2) is 0 Å². The van der Waals surface area contributed by atoms with E-state index in [-0.39, 0.29) is 0 Å². The maximum Gasteiger partial charge on any atom is 0.143 e. The third kappa shape index (κ3) is 5.14. The van der Waals surface area contributed by atoms with E-state index in [1.54, 1.807) is 0 Å². The summed E-state index contributed by atoms with van der Waals surface area (Å²) in [4.78, 5) is 0. The molecule has 14 aromatic carbocycles. The summed E-state index contributed by atoms with van der Waals surface area (Å²) in [6.07, 6.45) is 4.52. The Hall–Kier alpha value is -8.78. The van der Waals surface area contributed by atoms with Gasteiger partial charge < -0.3 is 4.42 Å². The topological polar surface area (TPSA) is 13.1 Å². The van der Waals surface area contributed by atoms with Crippen LogP contribution >= 0.6 is 0 Å². The van der Waals surface area contributed by atoms with Crippen molar-refractivity contribution in [3.05, 3.63) is 229 Å². The lowest BCUT2D eigenvalue weighted by Gasteiger charge is -2.24. The summed E-state index contributed by atoms with van der Waals surface area (Å²) in [5, 5.41) is 27.6. The maximum absolute atomic E-state index is 7.06. The van der Waals surface area contributed by atoms with Crippen molar-refractivity contribution in [2.75, 3.05) is 0 Å². The molecule has 16 rings (SSSR count). The van der Waals surface area contributed by atoms with Crippen LogP contribution in [0, 0.1) is 0 Å². The van der Waals surface area contributed by atoms with E-state index in [0.717, 1.165) is 34.8 Å². The van der Waals surface area contributed by atoms with Gasteiger partial charge in [-0.3, -0.25) is 0 Å². The minimum absolute atomic E-state index is 0.914. The number of aryl methyl sites for hydroxylation is 1. The van der Waals surface area contributed by atoms with Gasteiger partial charge in [0, 0.05) is 16.2 Å². The highest BCUT2D eigenvalue weighted by Gasteiger charge is 2.24. The second-order valence-corrected chi connectivity index (χ2v) is 19.3. The average molecular weight is 873 g/mol. The van der Waals surface area contributed by atoms with E-state index in [0.29, 0.717) is 0 Å². The van der Waals surface area contributed by atoms with Crippen molar-refractivity contribution in [3.8, 4) is 11.1 Å². The van der Waals surface area contributed by atoms with Gasteiger partial charge >= 0.3 is 0 Å². The lowest BCUT2D eigenvalue weighted by Crippen LogP contribution is -2.03. The Bertz CT molecular complexity index is 4770. The molecule has 15 aromatic rings. The summed E-state index contributed by atoms with van der Waals surface area (Å²) in [5.41, 5.74) is 9.96. The standard InChI is InChI=1S/C68H40O/c1-2-16-40-34-62-59(33-39(40)15-1)49-23-9-14-28-56(49)68-67(62)63-37-60-48-22-8-7-21-47(48)58-36-42(30-32-51(58)61(60)38-64(63)69-68)66-54-26-12-10-24-52(54)65(53-25-11-13-27-55(53)66)41-29-31-50-45-19-4-3-17-43(45)44-18-5-6-20-46(44)57(50)35-41/h1-28,30,32-38H,29,31H2. The van der Waals surface area contributed by atoms with E-state index in [9.17, 15) is 0 Å². The first-order valence-corrected chi connectivity index (χ1v) is 24.3. The van der Waals surface area contributed by atoms with Crippen LogP contribution in [-0.2, 0) is 6.42 Å². The van der Waals surface area contributed by atoms with Crippen molar-refractivity contribution in [2.45, 2.75) is 12.8 Å². The Morgan fingerprint density at radius 2 is 0.739 bits per heavy atom. The Morgan fingerprint density at radius 1 is 0.290 bits per heavy atom. The van der Waals surface area contributed by atoms with E-state index in [4.69, 9.17) is 4.42 Å². The molecule has 1 heteroatoms. The van der Waals surface area contributed by atoms with E-state index >= 15 is 0 Å². The summed E-state index contributed by atoms with van der Waals surface area (Å²) in [7, 11) is 0. The fraction of sp³-hybridized carbons (Fsp3) is 0.0294. The van der Waals surface area contributed by atoms with Gasteiger partial charge in [-0.2, -0.15) is 0 Å². The average Bonchev–Trinajstić information content (AvgIpc) is 3.80. The van der Waals surface area contributed by atoms with E-state index in [1.165, 1.54) is 141 Å². The van der Waals surface area contributed by atoms with Crippen LogP contribution in [0.1, 0.15) is 23.1 Å². The first-order valence-electron chi connectivity index (χ1n) is 24.3. The molecule has 1 aliphatic carbocycles. The van der Waals surface area contributed by atoms with Crippen LogP contribution < -0.4 is 0 Å². The second kappa shape index (κ2) is 13.9. The molecule has 1 aromatic heterocycles. The van der Waals surface area contributed by atoms with Crippen LogP contribution in [0.3, 0.4) is 0 Å². The zero-order chi connectivity index (χ0) is 44.9. The molecule has 0 bridgehead atoms. The smallest absolute Gasteiger partial charge is 0.143 e. The molecular formula is C68H40O. The molecular weight excluding hydrogens is 833 g/mol. The van der Waals surface area contributed by atoms with Crippen LogP contribution in [-0.4, -0.2) is 0 Å². The predicted octanol–water partition coefficient (Wildman–Crippen LogP) is 19.3. The lowest BCUT2D eigenvalue weighted by molar-refractivity contribution is 0.673. The van der Waals surface area contributed by atoms with Crippen molar-refractivity contribution in [2.24, 2.45) is 0 Å². The van der Waals surface area contributed by atoms with Crippen molar-refractivity contribution < 1.29 is 4.42 Å². The number of allylic oxidation sites excluding steroid dienone is 1. The second-order valence-electron chi connectivity index (χ2n) is 19.3. The first-order chi connectivity index (χ1) is 34.2. The molecule has 0 fully saturated rings. The fourth-order valence-corrected chi connectivity index (χ4v) is 12.9. The quantitative estimate of drug-likeness (QED) is 0.125. The van der Waals surface area contributed by atoms with Gasteiger partial charge in [-0.15, -0.1) is 0 Å². The Morgan fingerprint density at radius 3 is 1.39 bits per heavy atom. The van der Waals surface area contributed by atoms with Crippen molar-refractivity contribution in [1.29, 1.82) is 0 Å². The predicted molar refractivity (Wildman–Crippen MR) is 297 cm³/mol. The zero-order valence-corrected chi connectivity index (χ0v) is 37.6. The summed E-state index contributed by atoms with van der Waals surface area (Å²) >= 11 is 0. The van der Waals surface area contributed by atoms with Crippen molar-refractivity contribution in [3.63, 3.8) is 0 Å². The number of rotatable bonds is 2. The minimum atomic E-state index is 0.914. The summed E-state index contributed by atoms with van der Waals surface area (Å²) in [6, 6.07) is 79.3. The Balaban J connectivity index is 0.943. The Labute approximate surface area is 396 Å². The van der Waals surface area contributed by atoms with Crippen LogP contribution in [0.15, 0.2) is 217 Å². The van der Waals surface area contributed by atoms with Crippen LogP contribution in [0.25, 0.3) is 152 Å². The zero-order valence-electron chi connectivity index (χ0n) is 37.6. The van der Waals surface area contributed by atoms with Crippen LogP contribution in [0.2, 0.25) is 0 Å². The van der Waals surface area contributed by atoms with E-state index in [2.05, 4.69) is 218 Å². The fourth-order valence-electron chi connectivity index (χ4n) is 12.9. The van der Waals surface area contributed by atoms with Gasteiger partial charge in [0.25, 0.3) is 0 Å². The lowest BCUT2D eigenvalue weighted by atomic mass is 9.79. The van der Waals surface area contributed by atoms with Gasteiger partial charge in [-0.1, -0.05) is 188 Å². The molecule has 0 radical (unpaired) electrons. The monoisotopic (exact) mass is 872 g/mol. The molecule has 1 nitrogen and oxygen atoms in total. The largest absolute Gasteiger partial charge is 0.455 e. The molecule has 0 saturated carbocycles. The van der Waals surface area contributed by atoms with Gasteiger partial charge in [0.15, 0.2) is 0 Å². The molecule has 1 heterocycles. The van der Waals surface area contributed by atoms with Gasteiger partial charge in [0.05, 0.1) is 0 Å². The number of hydrogen-bond acceptors (Lipinski definition) is 1. The third-order valence-corrected chi connectivity index (χ3v) is 15.9. The van der Waals surface area contributed by atoms with E-state index in [1.807, 2.05) is 0 Å². The molecule has 0 atom stereocenters. The molecule has 0 spiro atoms. The van der Waals surface area contributed by atoms with Crippen molar-refractivity contribution in [1.82, 2.24) is 0 Å². The molecule has 318 valence electrons. The van der Waals surface area contributed by atoms with Crippen LogP contribution in [0.5, 0.6) is 0 Å². The summed E-state index contributed by atoms with van der Waals surface area (Å²) < 4.78 is 7.06. The molecule has 0 saturated heterocycles. The number of furan rings is 1. The molecule has 0 N–H and O–H groups in total. The van der Waals surface area contributed by atoms with Gasteiger partial charge in [0.2, 0.25) is 0 Å². The highest BCUT2D eigenvalue weighted by atomic mass is 16.3. The Kier molecular flexibility index (Phi) is 7.51. The molecule has 1 aliphatic rings. The number of benzene rings is 14. The number of hydrogen-bond donors (Lipinski definition) is 0. The summed E-state index contributed by atoms with van der Waals surface area (Å²) in [5.74, 6) is 0. The molecule has 0 aliphatic heterocycles. The molecule has 0 unspecified atom stereocenters. The van der Waals surface area contributed by atoms with E-state index < -0.39 is 0 Å². The molecule has 0 amide bonds. The highest BCUT2D eigenvalue weighted by Crippen LogP contribution is 2.49. The normalized spacial score (nSPS) is 13.2. The number of fused-ring (bicyclic) bond motifs is 23. The van der Waals surface area contributed by atoms with Crippen LogP contribution in [0.4, 0.5) is 0 Å². The van der Waals surface area contributed by atoms with Gasteiger partial charge in [0.1, 0.15) is 11.2 Å². The highest BCUT2D eigenvalue weighted by molar-refractivity contribution is 6.35. The van der Waals surface area contributed by atoms with Gasteiger partial charge in [-0.05, 0) is 179 Å². The molecule has 69 heavy (non-hydrogen) atoms. The minimum Gasteiger partial charge on any atom is -0.455 e.